The lowest BCUT2D eigenvalue weighted by molar-refractivity contribution is 0.475. The van der Waals surface area contributed by atoms with Gasteiger partial charge in [-0.2, -0.15) is 5.10 Å². The molecule has 0 bridgehead atoms. The van der Waals surface area contributed by atoms with Crippen molar-refractivity contribution in [1.82, 2.24) is 15.2 Å². The molecule has 0 aliphatic carbocycles. The third-order valence-corrected chi connectivity index (χ3v) is 3.70. The molecule has 2 N–H and O–H groups in total. The van der Waals surface area contributed by atoms with E-state index in [2.05, 4.69) is 33.4 Å². The van der Waals surface area contributed by atoms with Crippen LogP contribution in [0.3, 0.4) is 0 Å². The van der Waals surface area contributed by atoms with Crippen molar-refractivity contribution in [2.75, 3.05) is 0 Å². The average molecular weight is 287 g/mol. The van der Waals surface area contributed by atoms with Gasteiger partial charge < -0.3 is 5.11 Å². The van der Waals surface area contributed by atoms with Crippen molar-refractivity contribution >= 4 is 10.9 Å². The first kappa shape index (κ1) is 12.6. The Kier molecular flexibility index (Phi) is 2.86. The predicted molar refractivity (Wildman–Crippen MR) is 86.4 cm³/mol. The molecule has 0 atom stereocenters. The van der Waals surface area contributed by atoms with Crippen LogP contribution in [0, 0.1) is 0 Å². The molecule has 0 fully saturated rings. The largest absolute Gasteiger partial charge is 0.508 e. The molecule has 4 heteroatoms. The summed E-state index contributed by atoms with van der Waals surface area (Å²) in [5.74, 6) is 0.251. The third kappa shape index (κ3) is 2.11. The summed E-state index contributed by atoms with van der Waals surface area (Å²) in [7, 11) is 0. The second-order valence-electron chi connectivity index (χ2n) is 5.12. The number of aromatic nitrogens is 3. The monoisotopic (exact) mass is 287 g/mol. The Labute approximate surface area is 127 Å². The molecule has 2 heterocycles. The molecule has 2 aromatic heterocycles. The first-order valence-electron chi connectivity index (χ1n) is 6.99. The summed E-state index contributed by atoms with van der Waals surface area (Å²) in [5.41, 5.74) is 5.02. The highest BCUT2D eigenvalue weighted by atomic mass is 16.3. The van der Waals surface area contributed by atoms with Crippen LogP contribution in [0.2, 0.25) is 0 Å². The van der Waals surface area contributed by atoms with Gasteiger partial charge in [-0.15, -0.1) is 0 Å². The Morgan fingerprint density at radius 3 is 2.59 bits per heavy atom. The zero-order valence-corrected chi connectivity index (χ0v) is 11.7. The quantitative estimate of drug-likeness (QED) is 0.586. The van der Waals surface area contributed by atoms with Gasteiger partial charge in [-0.1, -0.05) is 12.1 Å². The van der Waals surface area contributed by atoms with Crippen LogP contribution in [0.4, 0.5) is 0 Å². The van der Waals surface area contributed by atoms with Crippen LogP contribution in [0.25, 0.3) is 33.3 Å². The standard InChI is InChI=1S/C18H13N3O/c22-15-6-3-12(4-7-15)18-16(2-1-9-19-18)13-5-8-17-14(10-13)11-20-21-17/h1-11,22H,(H,20,21). The second kappa shape index (κ2) is 5.00. The smallest absolute Gasteiger partial charge is 0.115 e. The number of hydrogen-bond donors (Lipinski definition) is 2. The van der Waals surface area contributed by atoms with E-state index in [-0.39, 0.29) is 5.75 Å². The van der Waals surface area contributed by atoms with Crippen molar-refractivity contribution < 1.29 is 5.11 Å². The summed E-state index contributed by atoms with van der Waals surface area (Å²) in [5, 5.41) is 17.5. The molecule has 0 radical (unpaired) electrons. The molecule has 0 aliphatic rings. The van der Waals surface area contributed by atoms with Gasteiger partial charge in [0.2, 0.25) is 0 Å². The highest BCUT2D eigenvalue weighted by Crippen LogP contribution is 2.32. The number of benzene rings is 2. The molecule has 2 aromatic carbocycles. The minimum atomic E-state index is 0.251. The maximum absolute atomic E-state index is 9.45. The van der Waals surface area contributed by atoms with Crippen LogP contribution >= 0.6 is 0 Å². The Hall–Kier alpha value is -3.14. The number of H-pyrrole nitrogens is 1. The van der Waals surface area contributed by atoms with E-state index in [1.54, 1.807) is 18.3 Å². The Morgan fingerprint density at radius 2 is 1.73 bits per heavy atom. The van der Waals surface area contributed by atoms with E-state index in [4.69, 9.17) is 0 Å². The fraction of sp³-hybridized carbons (Fsp3) is 0. The summed E-state index contributed by atoms with van der Waals surface area (Å²) in [6.07, 6.45) is 3.59. The maximum Gasteiger partial charge on any atom is 0.115 e. The molecule has 22 heavy (non-hydrogen) atoms. The number of pyridine rings is 1. The SMILES string of the molecule is Oc1ccc(-c2ncccc2-c2ccc3[nH]ncc3c2)cc1. The van der Waals surface area contributed by atoms with E-state index in [0.29, 0.717) is 0 Å². The predicted octanol–water partition coefficient (Wildman–Crippen LogP) is 4.00. The zero-order valence-electron chi connectivity index (χ0n) is 11.7. The Morgan fingerprint density at radius 1 is 0.909 bits per heavy atom. The van der Waals surface area contributed by atoms with Gasteiger partial charge in [-0.3, -0.25) is 10.1 Å². The summed E-state index contributed by atoms with van der Waals surface area (Å²) in [6, 6.07) is 17.2. The fourth-order valence-electron chi connectivity index (χ4n) is 2.60. The second-order valence-corrected chi connectivity index (χ2v) is 5.12. The minimum Gasteiger partial charge on any atom is -0.508 e. The molecule has 4 nitrogen and oxygen atoms in total. The maximum atomic E-state index is 9.45. The van der Waals surface area contributed by atoms with E-state index < -0.39 is 0 Å². The molecular weight excluding hydrogens is 274 g/mol. The first-order chi connectivity index (χ1) is 10.8. The minimum absolute atomic E-state index is 0.251. The number of aromatic hydroxyl groups is 1. The normalized spacial score (nSPS) is 10.9. The number of phenolic OH excluding ortho intramolecular Hbond substituents is 1. The van der Waals surface area contributed by atoms with Crippen molar-refractivity contribution in [3.63, 3.8) is 0 Å². The fourth-order valence-corrected chi connectivity index (χ4v) is 2.60. The van der Waals surface area contributed by atoms with Crippen molar-refractivity contribution in [2.24, 2.45) is 0 Å². The molecular formula is C18H13N3O. The number of phenols is 1. The van der Waals surface area contributed by atoms with Gasteiger partial charge in [0.1, 0.15) is 5.75 Å². The van der Waals surface area contributed by atoms with E-state index in [0.717, 1.165) is 33.3 Å². The molecule has 0 saturated heterocycles. The molecule has 4 rings (SSSR count). The molecule has 0 unspecified atom stereocenters. The lowest BCUT2D eigenvalue weighted by Gasteiger charge is -2.09. The van der Waals surface area contributed by atoms with Gasteiger partial charge in [0.05, 0.1) is 17.4 Å². The van der Waals surface area contributed by atoms with Crippen molar-refractivity contribution in [3.8, 4) is 28.1 Å². The lowest BCUT2D eigenvalue weighted by Crippen LogP contribution is -1.88. The molecule has 0 aliphatic heterocycles. The summed E-state index contributed by atoms with van der Waals surface area (Å²) >= 11 is 0. The number of hydrogen-bond acceptors (Lipinski definition) is 3. The van der Waals surface area contributed by atoms with Crippen LogP contribution in [0.1, 0.15) is 0 Å². The van der Waals surface area contributed by atoms with E-state index >= 15 is 0 Å². The number of fused-ring (bicyclic) bond motifs is 1. The highest BCUT2D eigenvalue weighted by Gasteiger charge is 2.09. The van der Waals surface area contributed by atoms with Crippen LogP contribution in [0.5, 0.6) is 5.75 Å². The summed E-state index contributed by atoms with van der Waals surface area (Å²) in [4.78, 5) is 4.52. The summed E-state index contributed by atoms with van der Waals surface area (Å²) in [6.45, 7) is 0. The Bertz CT molecular complexity index is 942. The van der Waals surface area contributed by atoms with E-state index in [9.17, 15) is 5.11 Å². The van der Waals surface area contributed by atoms with Gasteiger partial charge in [0.15, 0.2) is 0 Å². The zero-order chi connectivity index (χ0) is 14.9. The van der Waals surface area contributed by atoms with Gasteiger partial charge in [0, 0.05) is 22.7 Å². The van der Waals surface area contributed by atoms with E-state index in [1.165, 1.54) is 0 Å². The number of rotatable bonds is 2. The first-order valence-corrected chi connectivity index (χ1v) is 6.99. The topological polar surface area (TPSA) is 61.8 Å². The molecule has 0 saturated carbocycles. The molecule has 0 amide bonds. The summed E-state index contributed by atoms with van der Waals surface area (Å²) < 4.78 is 0. The highest BCUT2D eigenvalue weighted by molar-refractivity contribution is 5.88. The average Bonchev–Trinajstić information content (AvgIpc) is 3.03. The van der Waals surface area contributed by atoms with Crippen LogP contribution in [-0.4, -0.2) is 20.3 Å². The Balaban J connectivity index is 1.89. The van der Waals surface area contributed by atoms with Gasteiger partial charge >= 0.3 is 0 Å². The van der Waals surface area contributed by atoms with Gasteiger partial charge in [-0.05, 0) is 48.0 Å². The van der Waals surface area contributed by atoms with Crippen molar-refractivity contribution in [3.05, 3.63) is 67.0 Å². The van der Waals surface area contributed by atoms with Crippen molar-refractivity contribution in [2.45, 2.75) is 0 Å². The van der Waals surface area contributed by atoms with Crippen LogP contribution < -0.4 is 0 Å². The third-order valence-electron chi connectivity index (χ3n) is 3.70. The van der Waals surface area contributed by atoms with Gasteiger partial charge in [0.25, 0.3) is 0 Å². The lowest BCUT2D eigenvalue weighted by atomic mass is 9.98. The van der Waals surface area contributed by atoms with Crippen molar-refractivity contribution in [1.29, 1.82) is 0 Å². The van der Waals surface area contributed by atoms with E-state index in [1.807, 2.05) is 30.5 Å². The van der Waals surface area contributed by atoms with Crippen LogP contribution in [0.15, 0.2) is 67.0 Å². The molecule has 106 valence electrons. The number of nitrogens with one attached hydrogen (secondary N) is 1. The van der Waals surface area contributed by atoms with Gasteiger partial charge in [-0.25, -0.2) is 0 Å². The molecule has 4 aromatic rings. The number of nitrogens with zero attached hydrogens (tertiary/aromatic N) is 2. The molecule has 0 spiro atoms. The number of aromatic amines is 1. The van der Waals surface area contributed by atoms with Crippen LogP contribution in [-0.2, 0) is 0 Å².